The lowest BCUT2D eigenvalue weighted by Crippen LogP contribution is -2.42. The largest absolute Gasteiger partial charge is 0.480 e. The second-order valence-electron chi connectivity index (χ2n) is 5.97. The molecule has 3 aromatic rings. The van der Waals surface area contributed by atoms with Gasteiger partial charge in [-0.05, 0) is 23.8 Å². The highest BCUT2D eigenvalue weighted by Crippen LogP contribution is 2.35. The first-order valence-electron chi connectivity index (χ1n) is 8.11. The molecule has 1 aliphatic rings. The van der Waals surface area contributed by atoms with Gasteiger partial charge in [0.1, 0.15) is 6.04 Å². The van der Waals surface area contributed by atoms with Crippen molar-refractivity contribution in [1.29, 1.82) is 0 Å². The first kappa shape index (κ1) is 16.0. The van der Waals surface area contributed by atoms with Crippen molar-refractivity contribution in [1.82, 2.24) is 10.3 Å². The van der Waals surface area contributed by atoms with Gasteiger partial charge >= 0.3 is 5.97 Å². The lowest BCUT2D eigenvalue weighted by atomic mass is 10.0. The number of aromatic amines is 1. The summed E-state index contributed by atoms with van der Waals surface area (Å²) < 4.78 is 10.6. The lowest BCUT2D eigenvalue weighted by molar-refractivity contribution is -0.139. The molecule has 0 unspecified atom stereocenters. The maximum absolute atomic E-state index is 12.6. The van der Waals surface area contributed by atoms with E-state index in [1.54, 1.807) is 24.4 Å². The van der Waals surface area contributed by atoms with E-state index in [2.05, 4.69) is 10.3 Å². The summed E-state index contributed by atoms with van der Waals surface area (Å²) in [6.45, 7) is 0.0390. The topological polar surface area (TPSA) is 101 Å². The molecule has 1 aliphatic heterocycles. The molecule has 0 radical (unpaired) electrons. The minimum atomic E-state index is -1.10. The highest BCUT2D eigenvalue weighted by atomic mass is 16.7. The Kier molecular flexibility index (Phi) is 3.96. The van der Waals surface area contributed by atoms with Crippen LogP contribution in [0.25, 0.3) is 10.9 Å². The number of para-hydroxylation sites is 2. The number of fused-ring (bicyclic) bond motifs is 2. The number of carbonyl (C=O) groups is 2. The van der Waals surface area contributed by atoms with Gasteiger partial charge in [-0.3, -0.25) is 4.79 Å². The van der Waals surface area contributed by atoms with Crippen LogP contribution in [0.3, 0.4) is 0 Å². The maximum atomic E-state index is 12.6. The number of H-pyrrole nitrogens is 1. The normalized spacial score (nSPS) is 13.5. The van der Waals surface area contributed by atoms with Gasteiger partial charge in [0.2, 0.25) is 6.79 Å². The molecule has 7 nitrogen and oxygen atoms in total. The van der Waals surface area contributed by atoms with E-state index in [9.17, 15) is 14.7 Å². The second-order valence-corrected chi connectivity index (χ2v) is 5.97. The smallest absolute Gasteiger partial charge is 0.326 e. The number of carbonyl (C=O) groups excluding carboxylic acids is 1. The van der Waals surface area contributed by atoms with Crippen molar-refractivity contribution in [2.24, 2.45) is 0 Å². The van der Waals surface area contributed by atoms with Gasteiger partial charge in [0, 0.05) is 23.5 Å². The number of aliphatic carboxylic acids is 1. The molecule has 4 rings (SSSR count). The van der Waals surface area contributed by atoms with Crippen LogP contribution < -0.4 is 14.8 Å². The summed E-state index contributed by atoms with van der Waals surface area (Å²) in [5.41, 5.74) is 2.00. The molecule has 0 bridgehead atoms. The van der Waals surface area contributed by atoms with Crippen molar-refractivity contribution in [2.75, 3.05) is 6.79 Å². The van der Waals surface area contributed by atoms with Crippen LogP contribution in [0.15, 0.2) is 48.7 Å². The van der Waals surface area contributed by atoms with Crippen LogP contribution in [-0.2, 0) is 11.2 Å². The Labute approximate surface area is 148 Å². The van der Waals surface area contributed by atoms with Gasteiger partial charge in [-0.1, -0.05) is 24.3 Å². The van der Waals surface area contributed by atoms with Crippen molar-refractivity contribution >= 4 is 22.8 Å². The van der Waals surface area contributed by atoms with Gasteiger partial charge in [-0.2, -0.15) is 0 Å². The van der Waals surface area contributed by atoms with Crippen molar-refractivity contribution in [2.45, 2.75) is 12.5 Å². The Morgan fingerprint density at radius 3 is 2.85 bits per heavy atom. The number of carboxylic acids is 1. The van der Waals surface area contributed by atoms with Gasteiger partial charge < -0.3 is 24.9 Å². The number of benzene rings is 2. The van der Waals surface area contributed by atoms with Crippen molar-refractivity contribution in [3.8, 4) is 11.5 Å². The molecule has 26 heavy (non-hydrogen) atoms. The molecule has 0 aliphatic carbocycles. The third kappa shape index (κ3) is 2.83. The number of carboxylic acid groups (broad SMARTS) is 1. The number of nitrogens with one attached hydrogen (secondary N) is 2. The monoisotopic (exact) mass is 352 g/mol. The molecule has 0 fully saturated rings. The van der Waals surface area contributed by atoms with Crippen molar-refractivity contribution in [3.63, 3.8) is 0 Å². The Hall–Kier alpha value is -3.48. The highest BCUT2D eigenvalue weighted by molar-refractivity contribution is 6.00. The third-order valence-corrected chi connectivity index (χ3v) is 4.34. The van der Waals surface area contributed by atoms with Gasteiger partial charge in [0.25, 0.3) is 5.91 Å². The van der Waals surface area contributed by atoms with Gasteiger partial charge in [-0.25, -0.2) is 4.79 Å². The molecule has 0 saturated carbocycles. The summed E-state index contributed by atoms with van der Waals surface area (Å²) in [5.74, 6) is -0.810. The zero-order valence-corrected chi connectivity index (χ0v) is 13.7. The van der Waals surface area contributed by atoms with Crippen LogP contribution in [0.5, 0.6) is 11.5 Å². The Balaban J connectivity index is 1.57. The number of hydrogen-bond donors (Lipinski definition) is 3. The van der Waals surface area contributed by atoms with E-state index in [0.717, 1.165) is 16.5 Å². The number of rotatable bonds is 5. The Morgan fingerprint density at radius 2 is 2.00 bits per heavy atom. The quantitative estimate of drug-likeness (QED) is 0.654. The van der Waals surface area contributed by atoms with E-state index >= 15 is 0 Å². The predicted octanol–water partition coefficient (Wildman–Crippen LogP) is 2.32. The van der Waals surface area contributed by atoms with E-state index in [1.807, 2.05) is 24.3 Å². The van der Waals surface area contributed by atoms with E-state index in [-0.39, 0.29) is 18.8 Å². The summed E-state index contributed by atoms with van der Waals surface area (Å²) in [4.78, 5) is 27.4. The molecule has 7 heteroatoms. The average Bonchev–Trinajstić information content (AvgIpc) is 3.27. The molecule has 3 N–H and O–H groups in total. The summed E-state index contributed by atoms with van der Waals surface area (Å²) in [7, 11) is 0. The highest BCUT2D eigenvalue weighted by Gasteiger charge is 2.26. The van der Waals surface area contributed by atoms with Crippen LogP contribution in [0.2, 0.25) is 0 Å². The van der Waals surface area contributed by atoms with Gasteiger partial charge in [0.15, 0.2) is 11.5 Å². The fourth-order valence-corrected chi connectivity index (χ4v) is 3.07. The Morgan fingerprint density at radius 1 is 1.15 bits per heavy atom. The zero-order valence-electron chi connectivity index (χ0n) is 13.7. The standard InChI is InChI=1S/C19H16N2O5/c22-18(13-5-3-7-16-17(13)26-10-25-16)21-15(19(23)24)8-11-9-20-14-6-2-1-4-12(11)14/h1-7,9,15,20H,8,10H2,(H,21,22)(H,23,24)/t15-/m0/s1. The average molecular weight is 352 g/mol. The van der Waals surface area contributed by atoms with E-state index in [0.29, 0.717) is 11.5 Å². The molecule has 1 aromatic heterocycles. The number of hydrogen-bond acceptors (Lipinski definition) is 4. The molecule has 132 valence electrons. The molecule has 2 heterocycles. The number of aromatic nitrogens is 1. The van der Waals surface area contributed by atoms with E-state index < -0.39 is 17.9 Å². The van der Waals surface area contributed by atoms with Crippen molar-refractivity contribution < 1.29 is 24.2 Å². The van der Waals surface area contributed by atoms with Gasteiger partial charge in [0.05, 0.1) is 5.56 Å². The third-order valence-electron chi connectivity index (χ3n) is 4.34. The Bertz CT molecular complexity index is 995. The summed E-state index contributed by atoms with van der Waals surface area (Å²) in [6.07, 6.45) is 1.93. The maximum Gasteiger partial charge on any atom is 0.326 e. The molecule has 2 aromatic carbocycles. The molecule has 0 saturated heterocycles. The van der Waals surface area contributed by atoms with Crippen molar-refractivity contribution in [3.05, 3.63) is 59.8 Å². The fourth-order valence-electron chi connectivity index (χ4n) is 3.07. The first-order chi connectivity index (χ1) is 12.6. The van der Waals surface area contributed by atoms with E-state index in [4.69, 9.17) is 9.47 Å². The molecular weight excluding hydrogens is 336 g/mol. The molecule has 1 amide bonds. The molecule has 1 atom stereocenters. The summed E-state index contributed by atoms with van der Waals surface area (Å²) in [6, 6.07) is 11.5. The lowest BCUT2D eigenvalue weighted by Gasteiger charge is -2.15. The summed E-state index contributed by atoms with van der Waals surface area (Å²) in [5, 5.41) is 13.1. The first-order valence-corrected chi connectivity index (χ1v) is 8.11. The fraction of sp³-hybridized carbons (Fsp3) is 0.158. The number of amides is 1. The SMILES string of the molecule is O=C(N[C@@H](Cc1c[nH]c2ccccc12)C(=O)O)c1cccc2c1OCO2. The zero-order chi connectivity index (χ0) is 18.1. The number of ether oxygens (including phenoxy) is 2. The van der Waals surface area contributed by atoms with Crippen LogP contribution in [0.4, 0.5) is 0 Å². The summed E-state index contributed by atoms with van der Waals surface area (Å²) >= 11 is 0. The van der Waals surface area contributed by atoms with Crippen LogP contribution in [-0.4, -0.2) is 34.8 Å². The van der Waals surface area contributed by atoms with Crippen LogP contribution >= 0.6 is 0 Å². The minimum absolute atomic E-state index is 0.0390. The van der Waals surface area contributed by atoms with Crippen LogP contribution in [0, 0.1) is 0 Å². The molecule has 0 spiro atoms. The van der Waals surface area contributed by atoms with E-state index in [1.165, 1.54) is 0 Å². The van der Waals surface area contributed by atoms with Crippen LogP contribution in [0.1, 0.15) is 15.9 Å². The predicted molar refractivity (Wildman–Crippen MR) is 93.5 cm³/mol. The second kappa shape index (κ2) is 6.44. The minimum Gasteiger partial charge on any atom is -0.480 e. The molecular formula is C19H16N2O5. The van der Waals surface area contributed by atoms with Gasteiger partial charge in [-0.15, -0.1) is 0 Å².